The summed E-state index contributed by atoms with van der Waals surface area (Å²) in [6, 6.07) is 24.6. The second-order valence-corrected chi connectivity index (χ2v) is 13.9. The first-order chi connectivity index (χ1) is 19.3. The molecule has 0 saturated carbocycles. The summed E-state index contributed by atoms with van der Waals surface area (Å²) < 4.78 is 2.17. The van der Waals surface area contributed by atoms with Crippen LogP contribution in [-0.4, -0.2) is 3.71 Å². The van der Waals surface area contributed by atoms with Gasteiger partial charge in [-0.1, -0.05) is 79.0 Å². The molecule has 0 aliphatic heterocycles. The first kappa shape index (κ1) is 35.3. The number of rotatable bonds is 1. The summed E-state index contributed by atoms with van der Waals surface area (Å²) in [6.07, 6.45) is 7.13. The number of hydrogen-bond acceptors (Lipinski definition) is 0. The number of fused-ring (bicyclic) bond motifs is 5. The Labute approximate surface area is 287 Å². The molecule has 0 spiro atoms. The van der Waals surface area contributed by atoms with Gasteiger partial charge in [-0.25, -0.2) is 11.6 Å². The fraction of sp³-hybridized carbons (Fsp3) is 0.300. The molecule has 0 aromatic heterocycles. The Morgan fingerprint density at radius 3 is 1.81 bits per heavy atom. The molecule has 4 aromatic carbocycles. The molecule has 3 aliphatic carbocycles. The molecule has 222 valence electrons. The SMILES string of the molecule is CC1=[C-]C(C)(C)c2cc3c(cc21)-c1cc2c(cc1C3)C(C)(C)C=C2C.Cc1cc(C)c(C)[cH-]1.[Cl-].[Cl-].[Zr+2]=[CH]c1ccccc1. The van der Waals surface area contributed by atoms with Gasteiger partial charge in [-0.3, -0.25) is 6.08 Å². The van der Waals surface area contributed by atoms with Crippen LogP contribution in [0.4, 0.5) is 0 Å². The van der Waals surface area contributed by atoms with Gasteiger partial charge >= 0.3 is 63.8 Å². The molecular weight excluding hydrogens is 643 g/mol. The second-order valence-electron chi connectivity index (χ2n) is 13.2. The molecule has 3 heteroatoms. The van der Waals surface area contributed by atoms with Crippen LogP contribution < -0.4 is 24.8 Å². The van der Waals surface area contributed by atoms with Gasteiger partial charge in [0.25, 0.3) is 0 Å². The van der Waals surface area contributed by atoms with Gasteiger partial charge in [0, 0.05) is 5.41 Å². The number of aryl methyl sites for hydroxylation is 3. The summed E-state index contributed by atoms with van der Waals surface area (Å²) in [5, 5.41) is 0. The second kappa shape index (κ2) is 13.4. The van der Waals surface area contributed by atoms with E-state index in [1.54, 1.807) is 0 Å². The number of allylic oxidation sites excluding steroid dienone is 4. The third-order valence-corrected chi connectivity index (χ3v) is 9.73. The molecule has 0 bridgehead atoms. The molecule has 0 atom stereocenters. The van der Waals surface area contributed by atoms with Crippen molar-refractivity contribution in [2.45, 2.75) is 79.6 Å². The van der Waals surface area contributed by atoms with E-state index in [-0.39, 0.29) is 35.6 Å². The van der Waals surface area contributed by atoms with E-state index in [0.29, 0.717) is 0 Å². The van der Waals surface area contributed by atoms with E-state index < -0.39 is 0 Å². The molecule has 3 aliphatic rings. The molecule has 0 N–H and O–H groups in total. The zero-order chi connectivity index (χ0) is 29.7. The van der Waals surface area contributed by atoms with Gasteiger partial charge in [0.15, 0.2) is 0 Å². The summed E-state index contributed by atoms with van der Waals surface area (Å²) in [6.45, 7) is 20.1. The van der Waals surface area contributed by atoms with E-state index in [9.17, 15) is 0 Å². The summed E-state index contributed by atoms with van der Waals surface area (Å²) in [7, 11) is 0. The van der Waals surface area contributed by atoms with Crippen LogP contribution in [0.1, 0.15) is 97.2 Å². The average molecular weight is 685 g/mol. The van der Waals surface area contributed by atoms with E-state index in [2.05, 4.69) is 139 Å². The molecule has 0 nitrogen and oxygen atoms in total. The van der Waals surface area contributed by atoms with Gasteiger partial charge in [0.05, 0.1) is 0 Å². The summed E-state index contributed by atoms with van der Waals surface area (Å²) in [5.41, 5.74) is 20.1. The van der Waals surface area contributed by atoms with Crippen LogP contribution in [0.3, 0.4) is 0 Å². The predicted octanol–water partition coefficient (Wildman–Crippen LogP) is 4.17. The Kier molecular flexibility index (Phi) is 11.0. The minimum absolute atomic E-state index is 0. The van der Waals surface area contributed by atoms with Crippen LogP contribution in [0, 0.1) is 26.8 Å². The normalized spacial score (nSPS) is 15.4. The van der Waals surface area contributed by atoms with Gasteiger partial charge in [0.2, 0.25) is 0 Å². The molecule has 0 radical (unpaired) electrons. The third-order valence-electron chi connectivity index (χ3n) is 8.91. The number of hydrogen-bond donors (Lipinski definition) is 0. The Morgan fingerprint density at radius 1 is 0.744 bits per heavy atom. The van der Waals surface area contributed by atoms with Gasteiger partial charge in [-0.05, 0) is 58.4 Å². The maximum atomic E-state index is 3.65. The Hall–Kier alpha value is -2.18. The quantitative estimate of drug-likeness (QED) is 0.233. The zero-order valence-corrected chi connectivity index (χ0v) is 30.9. The molecule has 4 aromatic rings. The van der Waals surface area contributed by atoms with Gasteiger partial charge in [-0.2, -0.15) is 28.3 Å². The Morgan fingerprint density at radius 2 is 1.33 bits per heavy atom. The van der Waals surface area contributed by atoms with E-state index in [4.69, 9.17) is 0 Å². The molecule has 0 unspecified atom stereocenters. The molecule has 0 heterocycles. The van der Waals surface area contributed by atoms with Crippen LogP contribution in [-0.2, 0) is 41.5 Å². The fourth-order valence-electron chi connectivity index (χ4n) is 6.78. The molecule has 0 fully saturated rings. The van der Waals surface area contributed by atoms with Crippen LogP contribution in [0.25, 0.3) is 22.3 Å². The molecule has 43 heavy (non-hydrogen) atoms. The van der Waals surface area contributed by atoms with Crippen molar-refractivity contribution in [3.63, 3.8) is 0 Å². The predicted molar refractivity (Wildman–Crippen MR) is 175 cm³/mol. The fourth-order valence-corrected chi connectivity index (χ4v) is 7.25. The van der Waals surface area contributed by atoms with E-state index >= 15 is 0 Å². The van der Waals surface area contributed by atoms with E-state index in [0.717, 1.165) is 6.42 Å². The van der Waals surface area contributed by atoms with Gasteiger partial charge < -0.3 is 24.8 Å². The number of benzene rings is 3. The Bertz CT molecular complexity index is 1610. The minimum atomic E-state index is 0. The van der Waals surface area contributed by atoms with Gasteiger partial charge in [-0.15, -0.1) is 11.6 Å². The van der Waals surface area contributed by atoms with Crippen LogP contribution in [0.5, 0.6) is 0 Å². The van der Waals surface area contributed by atoms with Crippen molar-refractivity contribution in [2.75, 3.05) is 0 Å². The third kappa shape index (κ3) is 7.06. The van der Waals surface area contributed by atoms with Crippen molar-refractivity contribution in [3.8, 4) is 11.1 Å². The van der Waals surface area contributed by atoms with Crippen LogP contribution in [0.15, 0.2) is 72.8 Å². The van der Waals surface area contributed by atoms with Crippen LogP contribution >= 0.6 is 0 Å². The summed E-state index contributed by atoms with van der Waals surface area (Å²) in [5.74, 6) is 0. The van der Waals surface area contributed by atoms with Crippen molar-refractivity contribution >= 4 is 14.9 Å². The van der Waals surface area contributed by atoms with E-state index in [1.807, 2.05) is 6.07 Å². The zero-order valence-electron chi connectivity index (χ0n) is 27.0. The summed E-state index contributed by atoms with van der Waals surface area (Å²) in [4.78, 5) is 0. The van der Waals surface area contributed by atoms with Crippen molar-refractivity contribution < 1.29 is 49.0 Å². The van der Waals surface area contributed by atoms with Crippen molar-refractivity contribution in [3.05, 3.63) is 135 Å². The summed E-state index contributed by atoms with van der Waals surface area (Å²) >= 11 is 1.46. The number of halogens is 2. The molecule has 7 rings (SSSR count). The average Bonchev–Trinajstić information content (AvgIpc) is 3.57. The first-order valence-corrected chi connectivity index (χ1v) is 16.2. The monoisotopic (exact) mass is 682 g/mol. The standard InChI is InChI=1S/C25H25.C8H11.C7H6.2ClH.Zr/c1-14-12-24(3,4)22-8-16-7-17-9-23-19(15(2)13-25(23,5)6)11-21(17)20(16)10-18(14)22;1-6-4-7(2)8(3)5-6;1-7-5-3-2-4-6-7;;;/h8-12H,7H2,1-6H3;4-5H,1-3H3;1-6H;2*1H;/q2*-1;;;;+2/p-2. The molecular formula is C40H42Cl2Zr-2. The van der Waals surface area contributed by atoms with E-state index in [1.165, 1.54) is 102 Å². The first-order valence-electron chi connectivity index (χ1n) is 14.7. The van der Waals surface area contributed by atoms with Crippen LogP contribution in [0.2, 0.25) is 0 Å². The van der Waals surface area contributed by atoms with Crippen molar-refractivity contribution in [2.24, 2.45) is 0 Å². The van der Waals surface area contributed by atoms with Crippen molar-refractivity contribution in [1.82, 2.24) is 0 Å². The molecule has 0 saturated heterocycles. The van der Waals surface area contributed by atoms with Gasteiger partial charge in [0.1, 0.15) is 0 Å². The molecule has 0 amide bonds. The Balaban J connectivity index is 0.000000233. The van der Waals surface area contributed by atoms with Crippen molar-refractivity contribution in [1.29, 1.82) is 0 Å². The maximum absolute atomic E-state index is 3.65. The topological polar surface area (TPSA) is 0 Å².